The Bertz CT molecular complexity index is 1180. The molecule has 4 rings (SSSR count). The van der Waals surface area contributed by atoms with Crippen molar-refractivity contribution in [2.24, 2.45) is 0 Å². The van der Waals surface area contributed by atoms with Gasteiger partial charge in [0.25, 0.3) is 0 Å². The summed E-state index contributed by atoms with van der Waals surface area (Å²) in [6.07, 6.45) is 4.49. The highest BCUT2D eigenvalue weighted by atomic mass is 32.2. The van der Waals surface area contributed by atoms with Gasteiger partial charge in [-0.25, -0.2) is 4.39 Å². The van der Waals surface area contributed by atoms with Crippen LogP contribution < -0.4 is 5.32 Å². The van der Waals surface area contributed by atoms with Crippen molar-refractivity contribution >= 4 is 23.6 Å². The molecule has 1 N–H and O–H groups in total. The van der Waals surface area contributed by atoms with Gasteiger partial charge in [0, 0.05) is 30.3 Å². The maximum absolute atomic E-state index is 14.7. The number of hydrogen-bond donors (Lipinski definition) is 1. The molecule has 37 heavy (non-hydrogen) atoms. The lowest BCUT2D eigenvalue weighted by Crippen LogP contribution is -2.52. The highest BCUT2D eigenvalue weighted by Crippen LogP contribution is 2.22. The summed E-state index contributed by atoms with van der Waals surface area (Å²) in [5.74, 6) is 0.207. The van der Waals surface area contributed by atoms with Crippen molar-refractivity contribution in [3.05, 3.63) is 107 Å². The topological polar surface area (TPSA) is 49.4 Å². The summed E-state index contributed by atoms with van der Waals surface area (Å²) in [5, 5.41) is 3.19. The van der Waals surface area contributed by atoms with Gasteiger partial charge in [0.1, 0.15) is 11.9 Å². The second kappa shape index (κ2) is 13.4. The number of amides is 2. The number of halogens is 1. The molecule has 0 bridgehead atoms. The van der Waals surface area contributed by atoms with Crippen molar-refractivity contribution < 1.29 is 14.0 Å². The van der Waals surface area contributed by atoms with Crippen LogP contribution in [0.25, 0.3) is 0 Å². The summed E-state index contributed by atoms with van der Waals surface area (Å²) in [6.45, 7) is 2.10. The predicted molar refractivity (Wildman–Crippen MR) is 149 cm³/mol. The maximum Gasteiger partial charge on any atom is 0.243 e. The second-order valence-corrected chi connectivity index (χ2v) is 10.8. The van der Waals surface area contributed by atoms with Crippen LogP contribution in [0.4, 0.5) is 4.39 Å². The number of rotatable bonds is 11. The van der Waals surface area contributed by atoms with Crippen molar-refractivity contribution in [1.29, 1.82) is 0 Å². The molecule has 2 amide bonds. The quantitative estimate of drug-likeness (QED) is 0.335. The molecule has 194 valence electrons. The van der Waals surface area contributed by atoms with Crippen LogP contribution in [-0.2, 0) is 28.3 Å². The highest BCUT2D eigenvalue weighted by molar-refractivity contribution is 7.99. The van der Waals surface area contributed by atoms with E-state index in [-0.39, 0.29) is 36.0 Å². The molecule has 1 saturated carbocycles. The fourth-order valence-corrected chi connectivity index (χ4v) is 5.73. The molecule has 0 spiro atoms. The summed E-state index contributed by atoms with van der Waals surface area (Å²) in [6, 6.07) is 23.8. The first-order valence-electron chi connectivity index (χ1n) is 13.0. The predicted octanol–water partition coefficient (Wildman–Crippen LogP) is 6.07. The van der Waals surface area contributed by atoms with E-state index in [1.54, 1.807) is 23.1 Å². The van der Waals surface area contributed by atoms with E-state index in [4.69, 9.17) is 0 Å². The zero-order chi connectivity index (χ0) is 26.0. The lowest BCUT2D eigenvalue weighted by atomic mass is 10.0. The minimum atomic E-state index is -0.727. The van der Waals surface area contributed by atoms with Gasteiger partial charge in [0.2, 0.25) is 11.8 Å². The molecule has 3 aromatic carbocycles. The molecule has 1 atom stereocenters. The minimum Gasteiger partial charge on any atom is -0.352 e. The summed E-state index contributed by atoms with van der Waals surface area (Å²) in [7, 11) is 0. The zero-order valence-electron chi connectivity index (χ0n) is 21.4. The Labute approximate surface area is 223 Å². The number of aryl methyl sites for hydroxylation is 1. The van der Waals surface area contributed by atoms with Gasteiger partial charge in [-0.2, -0.15) is 0 Å². The molecule has 0 radical (unpaired) electrons. The highest BCUT2D eigenvalue weighted by Gasteiger charge is 2.32. The molecule has 4 nitrogen and oxygen atoms in total. The van der Waals surface area contributed by atoms with Crippen molar-refractivity contribution in [2.45, 2.75) is 63.4 Å². The largest absolute Gasteiger partial charge is 0.352 e. The van der Waals surface area contributed by atoms with E-state index in [0.717, 1.165) is 36.8 Å². The number of hydrogen-bond acceptors (Lipinski definition) is 3. The molecule has 1 fully saturated rings. The lowest BCUT2D eigenvalue weighted by Gasteiger charge is -2.32. The van der Waals surface area contributed by atoms with E-state index in [1.807, 2.05) is 49.4 Å². The van der Waals surface area contributed by atoms with Crippen LogP contribution in [0.1, 0.15) is 47.9 Å². The minimum absolute atomic E-state index is 0.0477. The molecule has 1 unspecified atom stereocenters. The van der Waals surface area contributed by atoms with Crippen LogP contribution in [0, 0.1) is 12.7 Å². The molecule has 3 aromatic rings. The SMILES string of the molecule is Cc1cccc(CSCC(=O)N(Cc2ccccc2F)C(Cc2ccccc2)C(=O)NC2CCCC2)c1. The van der Waals surface area contributed by atoms with Crippen LogP contribution in [0.15, 0.2) is 78.9 Å². The first kappa shape index (κ1) is 26.9. The van der Waals surface area contributed by atoms with Crippen molar-refractivity contribution in [3.8, 4) is 0 Å². The summed E-state index contributed by atoms with van der Waals surface area (Å²) in [4.78, 5) is 28.9. The average molecular weight is 519 g/mol. The van der Waals surface area contributed by atoms with Gasteiger partial charge in [-0.15, -0.1) is 11.8 Å². The number of nitrogens with zero attached hydrogens (tertiary/aromatic N) is 1. The monoisotopic (exact) mass is 518 g/mol. The Hall–Kier alpha value is -3.12. The summed E-state index contributed by atoms with van der Waals surface area (Å²) in [5.41, 5.74) is 3.70. The third kappa shape index (κ3) is 7.93. The van der Waals surface area contributed by atoms with Gasteiger partial charge in [0.15, 0.2) is 0 Å². The Morgan fingerprint density at radius 3 is 2.41 bits per heavy atom. The van der Waals surface area contributed by atoms with E-state index in [1.165, 1.54) is 23.4 Å². The lowest BCUT2D eigenvalue weighted by molar-refractivity contribution is -0.139. The fourth-order valence-electron chi connectivity index (χ4n) is 4.87. The Balaban J connectivity index is 1.57. The van der Waals surface area contributed by atoms with Crippen molar-refractivity contribution in [1.82, 2.24) is 10.2 Å². The standard InChI is InChI=1S/C31H35FN2O2S/c1-23-10-9-13-25(18-23)21-37-22-30(35)34(20-26-14-5-8-17-28(26)32)29(19-24-11-3-2-4-12-24)31(36)33-27-15-6-7-16-27/h2-5,8-14,17-18,27,29H,6-7,15-16,19-22H2,1H3,(H,33,36). The first-order valence-corrected chi connectivity index (χ1v) is 14.2. The molecule has 0 aliphatic heterocycles. The van der Waals surface area contributed by atoms with Crippen LogP contribution in [-0.4, -0.2) is 34.6 Å². The summed E-state index contributed by atoms with van der Waals surface area (Å²) < 4.78 is 14.7. The van der Waals surface area contributed by atoms with E-state index >= 15 is 0 Å². The maximum atomic E-state index is 14.7. The molecule has 1 aliphatic rings. The van der Waals surface area contributed by atoms with Crippen molar-refractivity contribution in [3.63, 3.8) is 0 Å². The van der Waals surface area contributed by atoms with Crippen LogP contribution in [0.3, 0.4) is 0 Å². The van der Waals surface area contributed by atoms with Crippen molar-refractivity contribution in [2.75, 3.05) is 5.75 Å². The van der Waals surface area contributed by atoms with E-state index < -0.39 is 6.04 Å². The third-order valence-corrected chi connectivity index (χ3v) is 7.84. The number of nitrogens with one attached hydrogen (secondary N) is 1. The molecule has 1 aliphatic carbocycles. The smallest absolute Gasteiger partial charge is 0.243 e. The Morgan fingerprint density at radius 1 is 0.973 bits per heavy atom. The van der Waals surface area contributed by atoms with Gasteiger partial charge >= 0.3 is 0 Å². The first-order chi connectivity index (χ1) is 18.0. The number of benzene rings is 3. The number of carbonyl (C=O) groups excluding carboxylic acids is 2. The Morgan fingerprint density at radius 2 is 1.68 bits per heavy atom. The van der Waals surface area contributed by atoms with E-state index in [2.05, 4.69) is 17.4 Å². The van der Waals surface area contributed by atoms with Gasteiger partial charge < -0.3 is 10.2 Å². The third-order valence-electron chi connectivity index (χ3n) is 6.85. The molecule has 6 heteroatoms. The van der Waals surface area contributed by atoms with Gasteiger partial charge in [-0.05, 0) is 37.0 Å². The van der Waals surface area contributed by atoms with E-state index in [9.17, 15) is 14.0 Å². The molecule has 0 heterocycles. The zero-order valence-corrected chi connectivity index (χ0v) is 22.2. The van der Waals surface area contributed by atoms with Gasteiger partial charge in [-0.1, -0.05) is 91.2 Å². The number of thioether (sulfide) groups is 1. The molecular formula is C31H35FN2O2S. The molecule has 0 aromatic heterocycles. The van der Waals surface area contributed by atoms with Gasteiger partial charge in [-0.3, -0.25) is 9.59 Å². The molecular weight excluding hydrogens is 483 g/mol. The summed E-state index contributed by atoms with van der Waals surface area (Å²) >= 11 is 1.52. The normalized spacial score (nSPS) is 14.3. The Kier molecular flexibility index (Phi) is 9.78. The van der Waals surface area contributed by atoms with E-state index in [0.29, 0.717) is 17.7 Å². The van der Waals surface area contributed by atoms with Crippen LogP contribution >= 0.6 is 11.8 Å². The average Bonchev–Trinajstić information content (AvgIpc) is 3.41. The van der Waals surface area contributed by atoms with Crippen LogP contribution in [0.2, 0.25) is 0 Å². The molecule has 0 saturated heterocycles. The van der Waals surface area contributed by atoms with Crippen LogP contribution in [0.5, 0.6) is 0 Å². The van der Waals surface area contributed by atoms with Gasteiger partial charge in [0.05, 0.1) is 5.75 Å². The number of carbonyl (C=O) groups is 2. The second-order valence-electron chi connectivity index (χ2n) is 9.79. The fraction of sp³-hybridized carbons (Fsp3) is 0.355.